The van der Waals surface area contributed by atoms with E-state index in [-0.39, 0.29) is 6.61 Å². The number of phosphoric acid groups is 1. The fourth-order valence-corrected chi connectivity index (χ4v) is 2.17. The second-order valence-corrected chi connectivity index (χ2v) is 5.01. The normalized spacial score (nSPS) is 38.5. The van der Waals surface area contributed by atoms with Crippen molar-refractivity contribution < 1.29 is 32.4 Å². The number of ether oxygens (including phenoxy) is 2. The minimum Gasteiger partial charge on any atom is -0.382 e. The van der Waals surface area contributed by atoms with Crippen LogP contribution in [0, 0.1) is 0 Å². The van der Waals surface area contributed by atoms with Crippen molar-refractivity contribution in [3.8, 4) is 0 Å². The van der Waals surface area contributed by atoms with Crippen molar-refractivity contribution in [3.05, 3.63) is 0 Å². The van der Waals surface area contributed by atoms with Crippen molar-refractivity contribution in [2.24, 2.45) is 0 Å². The molecule has 1 rings (SSSR count). The highest BCUT2D eigenvalue weighted by atomic mass is 31.2. The van der Waals surface area contributed by atoms with E-state index in [0.717, 1.165) is 7.11 Å². The molecule has 1 N–H and O–H groups in total. The molecule has 9 heteroatoms. The summed E-state index contributed by atoms with van der Waals surface area (Å²) >= 11 is 0. The van der Waals surface area contributed by atoms with Crippen LogP contribution in [-0.2, 0) is 23.1 Å². The van der Waals surface area contributed by atoms with E-state index >= 15 is 0 Å². The Hall–Kier alpha value is 0.0249. The third-order valence-electron chi connectivity index (χ3n) is 2.33. The van der Waals surface area contributed by atoms with Gasteiger partial charge in [-0.25, -0.2) is 8.96 Å². The third-order valence-corrected chi connectivity index (χ3v) is 3.31. The molecule has 0 spiro atoms. The number of phosphoric ester groups is 1. The third kappa shape index (κ3) is 3.26. The van der Waals surface area contributed by atoms with E-state index in [0.29, 0.717) is 0 Å². The van der Waals surface area contributed by atoms with Gasteiger partial charge in [0.1, 0.15) is 26.2 Å². The number of rotatable bonds is 5. The zero-order chi connectivity index (χ0) is 12.3. The molecule has 6 nitrogen and oxygen atoms in total. The number of hydrogen-bond donors (Lipinski definition) is 1. The Balaban J connectivity index is 2.70. The summed E-state index contributed by atoms with van der Waals surface area (Å²) in [5.74, 6) is 0. The lowest BCUT2D eigenvalue weighted by molar-refractivity contribution is -0.0197. The van der Waals surface area contributed by atoms with E-state index in [9.17, 15) is 8.96 Å². The average Bonchev–Trinajstić information content (AvgIpc) is 2.47. The summed E-state index contributed by atoms with van der Waals surface area (Å²) in [6.07, 6.45) is -3.37. The van der Waals surface area contributed by atoms with Gasteiger partial charge in [0, 0.05) is 14.2 Å². The van der Waals surface area contributed by atoms with Crippen LogP contribution in [0.4, 0.5) is 4.39 Å². The van der Waals surface area contributed by atoms with Crippen LogP contribution in [0.5, 0.6) is 0 Å². The zero-order valence-corrected chi connectivity index (χ0v) is 10.2. The maximum absolute atomic E-state index is 13.6. The molecule has 0 aromatic carbocycles. The van der Waals surface area contributed by atoms with E-state index < -0.39 is 32.2 Å². The molecule has 0 amide bonds. The Morgan fingerprint density at radius 2 is 2.19 bits per heavy atom. The molecule has 16 heavy (non-hydrogen) atoms. The predicted molar refractivity (Wildman–Crippen MR) is 55.7 cm³/mol. The first kappa shape index (κ1) is 14.1. The smallest absolute Gasteiger partial charge is 0.382 e. The summed E-state index contributed by atoms with van der Waals surface area (Å²) in [5.41, 5.74) is 0. The van der Waals surface area contributed by atoms with Crippen LogP contribution in [0.2, 0.25) is 0 Å². The summed E-state index contributed by atoms with van der Waals surface area (Å²) in [7, 11) is -0.269. The zero-order valence-electron chi connectivity index (χ0n) is 9.33. The molecular weight excluding hydrogens is 241 g/mol. The lowest BCUT2D eigenvalue weighted by atomic mass is 9.94. The second kappa shape index (κ2) is 5.57. The van der Waals surface area contributed by atoms with Crippen LogP contribution >= 0.6 is 7.82 Å². The molecule has 0 saturated carbocycles. The van der Waals surface area contributed by atoms with Gasteiger partial charge in [-0.2, -0.15) is 0 Å². The van der Waals surface area contributed by atoms with Gasteiger partial charge in [-0.3, -0.25) is 9.05 Å². The Kier molecular flexibility index (Phi) is 4.91. The molecule has 1 aliphatic heterocycles. The Morgan fingerprint density at radius 3 is 2.69 bits per heavy atom. The highest BCUT2D eigenvalue weighted by molar-refractivity contribution is 7.47. The molecule has 1 fully saturated rings. The van der Waals surface area contributed by atoms with Gasteiger partial charge in [0.15, 0.2) is 0 Å². The first-order valence-electron chi connectivity index (χ1n) is 4.76. The molecular formula is C7H15BFO6P. The number of hydrogen-bond acceptors (Lipinski definition) is 5. The maximum atomic E-state index is 13.6. The second-order valence-electron chi connectivity index (χ2n) is 3.50. The summed E-state index contributed by atoms with van der Waals surface area (Å²) in [6, 6.07) is -0.706. The van der Waals surface area contributed by atoms with Gasteiger partial charge in [-0.05, 0) is 0 Å². The first-order valence-corrected chi connectivity index (χ1v) is 6.26. The molecule has 5 atom stereocenters. The topological polar surface area (TPSA) is 74.2 Å². The summed E-state index contributed by atoms with van der Waals surface area (Å²) < 4.78 is 43.8. The first-order chi connectivity index (χ1) is 7.41. The van der Waals surface area contributed by atoms with Crippen LogP contribution in [0.1, 0.15) is 0 Å². The lowest BCUT2D eigenvalue weighted by Gasteiger charge is -2.21. The molecule has 2 unspecified atom stereocenters. The molecule has 0 bridgehead atoms. The molecule has 94 valence electrons. The van der Waals surface area contributed by atoms with Crippen molar-refractivity contribution in [2.45, 2.75) is 24.4 Å². The largest absolute Gasteiger partial charge is 0.472 e. The average molecular weight is 256 g/mol. The minimum atomic E-state index is -4.22. The van der Waals surface area contributed by atoms with Gasteiger partial charge in [-0.15, -0.1) is 0 Å². The number of alkyl halides is 1. The Labute approximate surface area is 94.0 Å². The summed E-state index contributed by atoms with van der Waals surface area (Å²) in [6.45, 7) is 0.0825. The van der Waals surface area contributed by atoms with Crippen LogP contribution in [0.15, 0.2) is 0 Å². The lowest BCUT2D eigenvalue weighted by Crippen LogP contribution is -2.34. The molecule has 0 aliphatic carbocycles. The molecule has 1 heterocycles. The standard InChI is InChI=1S/C7H15BFO6P/c1-12-3-4-6(5(9)7(8)14-4)15-16(10,11)13-2/h4-7H,3,8H2,1-2H3,(H,10,11)/t4-,5?,6-,7-/m1/s1. The van der Waals surface area contributed by atoms with Gasteiger partial charge in [0.2, 0.25) is 0 Å². The highest BCUT2D eigenvalue weighted by Gasteiger charge is 2.46. The molecule has 0 aromatic heterocycles. The van der Waals surface area contributed by atoms with E-state index in [1.165, 1.54) is 15.0 Å². The van der Waals surface area contributed by atoms with Crippen molar-refractivity contribution in [3.63, 3.8) is 0 Å². The van der Waals surface area contributed by atoms with Gasteiger partial charge >= 0.3 is 7.82 Å². The Bertz CT molecular complexity index is 280. The van der Waals surface area contributed by atoms with Crippen molar-refractivity contribution in [1.29, 1.82) is 0 Å². The molecule has 1 saturated heterocycles. The van der Waals surface area contributed by atoms with Gasteiger partial charge < -0.3 is 14.4 Å². The summed E-state index contributed by atoms with van der Waals surface area (Å²) in [4.78, 5) is 9.12. The molecule has 0 aromatic rings. The predicted octanol–water partition coefficient (Wildman–Crippen LogP) is -0.539. The van der Waals surface area contributed by atoms with Crippen molar-refractivity contribution >= 4 is 15.7 Å². The fraction of sp³-hybridized carbons (Fsp3) is 1.00. The van der Waals surface area contributed by atoms with Crippen LogP contribution in [0.25, 0.3) is 0 Å². The fourth-order valence-electron chi connectivity index (χ4n) is 1.52. The van der Waals surface area contributed by atoms with E-state index in [2.05, 4.69) is 4.52 Å². The van der Waals surface area contributed by atoms with Crippen molar-refractivity contribution in [1.82, 2.24) is 0 Å². The minimum absolute atomic E-state index is 0.0825. The van der Waals surface area contributed by atoms with E-state index in [1.54, 1.807) is 0 Å². The van der Waals surface area contributed by atoms with Crippen LogP contribution < -0.4 is 0 Å². The van der Waals surface area contributed by atoms with Crippen LogP contribution in [-0.4, -0.2) is 57.9 Å². The van der Waals surface area contributed by atoms with E-state index in [4.69, 9.17) is 18.9 Å². The van der Waals surface area contributed by atoms with Crippen LogP contribution in [0.3, 0.4) is 0 Å². The van der Waals surface area contributed by atoms with Gasteiger partial charge in [0.05, 0.1) is 12.6 Å². The van der Waals surface area contributed by atoms with Gasteiger partial charge in [-0.1, -0.05) is 0 Å². The maximum Gasteiger partial charge on any atom is 0.472 e. The summed E-state index contributed by atoms with van der Waals surface area (Å²) in [5, 5.41) is 0. The number of methoxy groups -OCH3 is 1. The molecule has 1 aliphatic rings. The van der Waals surface area contributed by atoms with E-state index in [1.807, 2.05) is 0 Å². The quantitative estimate of drug-likeness (QED) is 0.526. The monoisotopic (exact) mass is 256 g/mol. The molecule has 0 radical (unpaired) electrons. The number of halogens is 1. The van der Waals surface area contributed by atoms with Gasteiger partial charge in [0.25, 0.3) is 0 Å². The highest BCUT2D eigenvalue weighted by Crippen LogP contribution is 2.46. The SMILES string of the molecule is B[C@@H]1O[C@H](COC)[C@@H](OP(=O)(O)OC)C1F. The Morgan fingerprint density at radius 1 is 1.56 bits per heavy atom. The van der Waals surface area contributed by atoms with Crippen molar-refractivity contribution in [2.75, 3.05) is 20.8 Å².